The van der Waals surface area contributed by atoms with Crippen molar-refractivity contribution in [1.29, 1.82) is 0 Å². The summed E-state index contributed by atoms with van der Waals surface area (Å²) in [5.74, 6) is 0.605. The Bertz CT molecular complexity index is 213. The molecule has 1 heterocycles. The number of carbonyl (C=O) groups is 1. The minimum atomic E-state index is -0.332. The molecular formula is C10H18ClNO2. The van der Waals surface area contributed by atoms with Gasteiger partial charge in [-0.05, 0) is 0 Å². The molecule has 1 unspecified atom stereocenters. The highest BCUT2D eigenvalue weighted by molar-refractivity contribution is 6.18. The maximum Gasteiger partial charge on any atom is 0.228 e. The van der Waals surface area contributed by atoms with E-state index in [1.165, 1.54) is 0 Å². The Hall–Kier alpha value is -0.280. The monoisotopic (exact) mass is 219 g/mol. The molecule has 1 saturated heterocycles. The predicted molar refractivity (Wildman–Crippen MR) is 56.5 cm³/mol. The van der Waals surface area contributed by atoms with Crippen LogP contribution in [-0.4, -0.2) is 42.5 Å². The topological polar surface area (TPSA) is 29.5 Å². The normalized spacial score (nSPS) is 23.7. The van der Waals surface area contributed by atoms with E-state index in [-0.39, 0.29) is 17.4 Å². The Morgan fingerprint density at radius 3 is 2.71 bits per heavy atom. The number of amides is 1. The van der Waals surface area contributed by atoms with Gasteiger partial charge in [0.1, 0.15) is 0 Å². The third-order valence-electron chi connectivity index (χ3n) is 2.31. The van der Waals surface area contributed by atoms with Gasteiger partial charge in [-0.3, -0.25) is 4.79 Å². The van der Waals surface area contributed by atoms with Crippen molar-refractivity contribution in [2.24, 2.45) is 5.41 Å². The van der Waals surface area contributed by atoms with Crippen LogP contribution < -0.4 is 0 Å². The van der Waals surface area contributed by atoms with Gasteiger partial charge < -0.3 is 9.64 Å². The SMILES string of the molecule is CC(C)(C)C(=O)N1CCOCC1CCl. The second-order valence-electron chi connectivity index (χ2n) is 4.63. The summed E-state index contributed by atoms with van der Waals surface area (Å²) in [7, 11) is 0. The first-order chi connectivity index (χ1) is 6.46. The molecule has 0 spiro atoms. The van der Waals surface area contributed by atoms with Gasteiger partial charge in [0.2, 0.25) is 5.91 Å². The highest BCUT2D eigenvalue weighted by Crippen LogP contribution is 2.21. The molecule has 4 heteroatoms. The van der Waals surface area contributed by atoms with Crippen molar-refractivity contribution in [3.8, 4) is 0 Å². The number of morpholine rings is 1. The lowest BCUT2D eigenvalue weighted by atomic mass is 9.94. The first kappa shape index (κ1) is 11.8. The van der Waals surface area contributed by atoms with Crippen LogP contribution in [-0.2, 0) is 9.53 Å². The molecule has 1 aliphatic rings. The van der Waals surface area contributed by atoms with Gasteiger partial charge in [-0.25, -0.2) is 0 Å². The van der Waals surface area contributed by atoms with Gasteiger partial charge in [-0.2, -0.15) is 0 Å². The van der Waals surface area contributed by atoms with E-state index < -0.39 is 0 Å². The van der Waals surface area contributed by atoms with Crippen molar-refractivity contribution in [1.82, 2.24) is 4.90 Å². The number of nitrogens with zero attached hydrogens (tertiary/aromatic N) is 1. The molecule has 0 bridgehead atoms. The smallest absolute Gasteiger partial charge is 0.228 e. The van der Waals surface area contributed by atoms with E-state index in [1.54, 1.807) is 0 Å². The van der Waals surface area contributed by atoms with Gasteiger partial charge in [0, 0.05) is 17.8 Å². The zero-order valence-corrected chi connectivity index (χ0v) is 9.80. The van der Waals surface area contributed by atoms with Gasteiger partial charge in [0.05, 0.1) is 19.3 Å². The third kappa shape index (κ3) is 2.61. The summed E-state index contributed by atoms with van der Waals surface area (Å²) in [5.41, 5.74) is -0.332. The third-order valence-corrected chi connectivity index (χ3v) is 2.66. The van der Waals surface area contributed by atoms with Crippen LogP contribution in [0.25, 0.3) is 0 Å². The van der Waals surface area contributed by atoms with Gasteiger partial charge in [0.15, 0.2) is 0 Å². The standard InChI is InChI=1S/C10H18ClNO2/c1-10(2,3)9(13)12-4-5-14-7-8(12)6-11/h8H,4-7H2,1-3H3. The van der Waals surface area contributed by atoms with Crippen molar-refractivity contribution in [3.05, 3.63) is 0 Å². The van der Waals surface area contributed by atoms with Crippen LogP contribution in [0.1, 0.15) is 20.8 Å². The lowest BCUT2D eigenvalue weighted by Crippen LogP contribution is -2.53. The lowest BCUT2D eigenvalue weighted by molar-refractivity contribution is -0.147. The minimum absolute atomic E-state index is 0.0390. The van der Waals surface area contributed by atoms with Crippen LogP contribution >= 0.6 is 11.6 Å². The molecule has 1 aliphatic heterocycles. The molecule has 0 aliphatic carbocycles. The van der Waals surface area contributed by atoms with Gasteiger partial charge >= 0.3 is 0 Å². The van der Waals surface area contributed by atoms with Crippen molar-refractivity contribution < 1.29 is 9.53 Å². The molecule has 0 radical (unpaired) electrons. The molecule has 0 saturated carbocycles. The number of halogens is 1. The number of alkyl halides is 1. The summed E-state index contributed by atoms with van der Waals surface area (Å²) < 4.78 is 5.29. The van der Waals surface area contributed by atoms with Crippen LogP contribution in [0, 0.1) is 5.41 Å². The van der Waals surface area contributed by atoms with E-state index >= 15 is 0 Å². The van der Waals surface area contributed by atoms with E-state index in [1.807, 2.05) is 25.7 Å². The molecule has 3 nitrogen and oxygen atoms in total. The zero-order chi connectivity index (χ0) is 10.8. The molecule has 0 aromatic carbocycles. The number of rotatable bonds is 1. The fourth-order valence-corrected chi connectivity index (χ4v) is 1.74. The fourth-order valence-electron chi connectivity index (χ4n) is 1.48. The molecule has 0 aromatic heterocycles. The Morgan fingerprint density at radius 1 is 1.57 bits per heavy atom. The Labute approximate surface area is 90.4 Å². The Balaban J connectivity index is 2.69. The fraction of sp³-hybridized carbons (Fsp3) is 0.900. The lowest BCUT2D eigenvalue weighted by Gasteiger charge is -2.38. The Kier molecular flexibility index (Phi) is 3.78. The minimum Gasteiger partial charge on any atom is -0.377 e. The molecule has 0 aromatic rings. The van der Waals surface area contributed by atoms with E-state index in [2.05, 4.69) is 0 Å². The van der Waals surface area contributed by atoms with Crippen LogP contribution in [0.4, 0.5) is 0 Å². The highest BCUT2D eigenvalue weighted by Gasteiger charge is 2.33. The molecule has 1 rings (SSSR count). The summed E-state index contributed by atoms with van der Waals surface area (Å²) in [6.45, 7) is 7.62. The van der Waals surface area contributed by atoms with E-state index in [4.69, 9.17) is 16.3 Å². The summed E-state index contributed by atoms with van der Waals surface area (Å²) in [6, 6.07) is 0.0390. The average Bonchev–Trinajstić information content (AvgIpc) is 2.15. The quantitative estimate of drug-likeness (QED) is 0.626. The molecular weight excluding hydrogens is 202 g/mol. The highest BCUT2D eigenvalue weighted by atomic mass is 35.5. The predicted octanol–water partition coefficient (Wildman–Crippen LogP) is 1.50. The van der Waals surface area contributed by atoms with E-state index in [0.717, 1.165) is 0 Å². The largest absolute Gasteiger partial charge is 0.377 e. The van der Waals surface area contributed by atoms with Crippen molar-refractivity contribution in [2.75, 3.05) is 25.6 Å². The zero-order valence-electron chi connectivity index (χ0n) is 9.05. The van der Waals surface area contributed by atoms with Crippen molar-refractivity contribution in [3.63, 3.8) is 0 Å². The van der Waals surface area contributed by atoms with Crippen LogP contribution in [0.3, 0.4) is 0 Å². The second kappa shape index (κ2) is 4.49. The number of carbonyl (C=O) groups excluding carboxylic acids is 1. The number of hydrogen-bond donors (Lipinski definition) is 0. The van der Waals surface area contributed by atoms with Crippen molar-refractivity contribution >= 4 is 17.5 Å². The molecule has 0 N–H and O–H groups in total. The summed E-state index contributed by atoms with van der Waals surface area (Å²) in [6.07, 6.45) is 0. The van der Waals surface area contributed by atoms with E-state index in [9.17, 15) is 4.79 Å². The number of hydrogen-bond acceptors (Lipinski definition) is 2. The van der Waals surface area contributed by atoms with Crippen LogP contribution in [0.15, 0.2) is 0 Å². The van der Waals surface area contributed by atoms with Crippen LogP contribution in [0.5, 0.6) is 0 Å². The summed E-state index contributed by atoms with van der Waals surface area (Å²) >= 11 is 5.80. The maximum absolute atomic E-state index is 12.0. The summed E-state index contributed by atoms with van der Waals surface area (Å²) in [4.78, 5) is 13.8. The first-order valence-electron chi connectivity index (χ1n) is 4.91. The molecule has 14 heavy (non-hydrogen) atoms. The number of ether oxygens (including phenoxy) is 1. The molecule has 1 atom stereocenters. The first-order valence-corrected chi connectivity index (χ1v) is 5.45. The van der Waals surface area contributed by atoms with Gasteiger partial charge in [-0.1, -0.05) is 20.8 Å². The van der Waals surface area contributed by atoms with Gasteiger partial charge in [-0.15, -0.1) is 11.6 Å². The molecule has 1 fully saturated rings. The molecule has 82 valence electrons. The molecule has 1 amide bonds. The van der Waals surface area contributed by atoms with E-state index in [0.29, 0.717) is 25.6 Å². The maximum atomic E-state index is 12.0. The average molecular weight is 220 g/mol. The summed E-state index contributed by atoms with van der Waals surface area (Å²) in [5, 5.41) is 0. The Morgan fingerprint density at radius 2 is 2.21 bits per heavy atom. The van der Waals surface area contributed by atoms with Gasteiger partial charge in [0.25, 0.3) is 0 Å². The van der Waals surface area contributed by atoms with Crippen molar-refractivity contribution in [2.45, 2.75) is 26.8 Å². The second-order valence-corrected chi connectivity index (χ2v) is 4.94. The van der Waals surface area contributed by atoms with Crippen LogP contribution in [0.2, 0.25) is 0 Å².